The van der Waals surface area contributed by atoms with E-state index in [4.69, 9.17) is 4.74 Å². The molecule has 0 saturated carbocycles. The fourth-order valence-corrected chi connectivity index (χ4v) is 1.56. The van der Waals surface area contributed by atoms with Gasteiger partial charge in [0.05, 0.1) is 20.3 Å². The van der Waals surface area contributed by atoms with Crippen LogP contribution in [0.5, 0.6) is 0 Å². The summed E-state index contributed by atoms with van der Waals surface area (Å²) in [5, 5.41) is 0. The van der Waals surface area contributed by atoms with Gasteiger partial charge in [0.15, 0.2) is 6.10 Å². The van der Waals surface area contributed by atoms with E-state index in [1.54, 1.807) is 0 Å². The first kappa shape index (κ1) is 15.2. The van der Waals surface area contributed by atoms with E-state index < -0.39 is 24.9 Å². The molecule has 1 aliphatic heterocycles. The van der Waals surface area contributed by atoms with Gasteiger partial charge in [-0.25, -0.2) is 4.79 Å². The highest BCUT2D eigenvalue weighted by atomic mass is 19.4. The predicted molar refractivity (Wildman–Crippen MR) is 55.1 cm³/mol. The van der Waals surface area contributed by atoms with Crippen LogP contribution in [-0.4, -0.2) is 69.7 Å². The average Bonchev–Trinajstić information content (AvgIpc) is 2.33. The molecule has 18 heavy (non-hydrogen) atoms. The fraction of sp³-hybridized carbons (Fsp3) is 0.900. The van der Waals surface area contributed by atoms with Crippen molar-refractivity contribution in [2.75, 3.05) is 46.6 Å². The molecule has 0 radical (unpaired) electrons. The number of esters is 1. The maximum atomic E-state index is 11.8. The Labute approximate surface area is 103 Å². The second-order valence-electron chi connectivity index (χ2n) is 3.85. The molecule has 0 aromatic rings. The molecule has 8 heteroatoms. The van der Waals surface area contributed by atoms with E-state index in [1.165, 1.54) is 7.11 Å². The number of carbonyl (C=O) groups is 1. The van der Waals surface area contributed by atoms with Gasteiger partial charge >= 0.3 is 12.1 Å². The van der Waals surface area contributed by atoms with E-state index >= 15 is 0 Å². The van der Waals surface area contributed by atoms with Crippen molar-refractivity contribution >= 4 is 5.97 Å². The highest BCUT2D eigenvalue weighted by molar-refractivity contribution is 5.74. The van der Waals surface area contributed by atoms with Gasteiger partial charge in [0.2, 0.25) is 0 Å². The molecule has 1 aliphatic rings. The van der Waals surface area contributed by atoms with Crippen LogP contribution in [0.3, 0.4) is 0 Å². The summed E-state index contributed by atoms with van der Waals surface area (Å²) in [5.74, 6) is -0.476. The van der Waals surface area contributed by atoms with E-state index in [2.05, 4.69) is 9.47 Å². The van der Waals surface area contributed by atoms with Crippen LogP contribution < -0.4 is 0 Å². The third kappa shape index (κ3) is 5.65. The molecule has 1 heterocycles. The summed E-state index contributed by atoms with van der Waals surface area (Å²) >= 11 is 0. The Hall–Kier alpha value is -0.860. The standard InChI is InChI=1S/C10H16F3NO4/c1-16-9(15)8-6-14(3-5-18-8)2-4-17-7-10(11,12)13/h8H,2-7H2,1H3. The molecule has 0 aromatic heterocycles. The zero-order valence-corrected chi connectivity index (χ0v) is 10.0. The zero-order chi connectivity index (χ0) is 13.6. The van der Waals surface area contributed by atoms with Gasteiger partial charge in [0, 0.05) is 19.6 Å². The van der Waals surface area contributed by atoms with Gasteiger partial charge in [-0.15, -0.1) is 0 Å². The lowest BCUT2D eigenvalue weighted by Gasteiger charge is -2.31. The minimum Gasteiger partial charge on any atom is -0.467 e. The molecule has 0 bridgehead atoms. The minimum atomic E-state index is -4.31. The van der Waals surface area contributed by atoms with Crippen molar-refractivity contribution in [3.05, 3.63) is 0 Å². The number of hydrogen-bond acceptors (Lipinski definition) is 5. The molecule has 1 rings (SSSR count). The SMILES string of the molecule is COC(=O)C1CN(CCOCC(F)(F)F)CCO1. The number of methoxy groups -OCH3 is 1. The van der Waals surface area contributed by atoms with Crippen molar-refractivity contribution in [2.45, 2.75) is 12.3 Å². The number of halogens is 3. The van der Waals surface area contributed by atoms with Crippen LogP contribution >= 0.6 is 0 Å². The number of nitrogens with zero attached hydrogens (tertiary/aromatic N) is 1. The first-order chi connectivity index (χ1) is 8.42. The Bertz CT molecular complexity index is 272. The molecule has 0 aliphatic carbocycles. The van der Waals surface area contributed by atoms with Crippen molar-refractivity contribution < 1.29 is 32.2 Å². The molecular formula is C10H16F3NO4. The molecule has 1 unspecified atom stereocenters. The first-order valence-electron chi connectivity index (χ1n) is 5.48. The van der Waals surface area contributed by atoms with Crippen LogP contribution in [0, 0.1) is 0 Å². The number of rotatable bonds is 5. The van der Waals surface area contributed by atoms with Gasteiger partial charge in [-0.2, -0.15) is 13.2 Å². The highest BCUT2D eigenvalue weighted by Crippen LogP contribution is 2.14. The van der Waals surface area contributed by atoms with Gasteiger partial charge in [0.1, 0.15) is 6.61 Å². The van der Waals surface area contributed by atoms with Crippen LogP contribution in [0.15, 0.2) is 0 Å². The first-order valence-corrected chi connectivity index (χ1v) is 5.48. The molecule has 0 aromatic carbocycles. The van der Waals surface area contributed by atoms with E-state index in [0.717, 1.165) is 0 Å². The molecule has 106 valence electrons. The number of carbonyl (C=O) groups excluding carboxylic acids is 1. The van der Waals surface area contributed by atoms with Gasteiger partial charge in [-0.05, 0) is 0 Å². The Morgan fingerprint density at radius 3 is 2.83 bits per heavy atom. The third-order valence-electron chi connectivity index (χ3n) is 2.43. The highest BCUT2D eigenvalue weighted by Gasteiger charge is 2.29. The summed E-state index contributed by atoms with van der Waals surface area (Å²) in [5.41, 5.74) is 0. The van der Waals surface area contributed by atoms with E-state index in [9.17, 15) is 18.0 Å². The predicted octanol–water partition coefficient (Wildman–Crippen LogP) is 0.439. The summed E-state index contributed by atoms with van der Waals surface area (Å²) < 4.78 is 49.7. The maximum absolute atomic E-state index is 11.8. The quantitative estimate of drug-likeness (QED) is 0.536. The molecular weight excluding hydrogens is 255 g/mol. The molecule has 0 N–H and O–H groups in total. The molecule has 1 saturated heterocycles. The molecule has 1 fully saturated rings. The van der Waals surface area contributed by atoms with Gasteiger partial charge in [-0.3, -0.25) is 4.90 Å². The summed E-state index contributed by atoms with van der Waals surface area (Å²) in [6, 6.07) is 0. The van der Waals surface area contributed by atoms with Gasteiger partial charge < -0.3 is 14.2 Å². The van der Waals surface area contributed by atoms with Crippen molar-refractivity contribution in [3.8, 4) is 0 Å². The van der Waals surface area contributed by atoms with Gasteiger partial charge in [-0.1, -0.05) is 0 Å². The fourth-order valence-electron chi connectivity index (χ4n) is 1.56. The van der Waals surface area contributed by atoms with Crippen molar-refractivity contribution in [2.24, 2.45) is 0 Å². The van der Waals surface area contributed by atoms with Crippen LogP contribution in [0.2, 0.25) is 0 Å². The van der Waals surface area contributed by atoms with Crippen LogP contribution in [-0.2, 0) is 19.0 Å². The normalized spacial score (nSPS) is 21.9. The molecule has 5 nitrogen and oxygen atoms in total. The number of alkyl halides is 3. The Balaban J connectivity index is 2.20. The summed E-state index contributed by atoms with van der Waals surface area (Å²) in [6.07, 6.45) is -4.98. The molecule has 0 spiro atoms. The maximum Gasteiger partial charge on any atom is 0.411 e. The second-order valence-corrected chi connectivity index (χ2v) is 3.85. The number of hydrogen-bond donors (Lipinski definition) is 0. The zero-order valence-electron chi connectivity index (χ0n) is 10.0. The van der Waals surface area contributed by atoms with Crippen LogP contribution in [0.25, 0.3) is 0 Å². The molecule has 0 amide bonds. The third-order valence-corrected chi connectivity index (χ3v) is 2.43. The summed E-state index contributed by atoms with van der Waals surface area (Å²) in [4.78, 5) is 13.0. The summed E-state index contributed by atoms with van der Waals surface area (Å²) in [7, 11) is 1.26. The number of morpholine rings is 1. The van der Waals surface area contributed by atoms with Crippen molar-refractivity contribution in [3.63, 3.8) is 0 Å². The van der Waals surface area contributed by atoms with Crippen LogP contribution in [0.1, 0.15) is 0 Å². The van der Waals surface area contributed by atoms with Crippen LogP contribution in [0.4, 0.5) is 13.2 Å². The average molecular weight is 271 g/mol. The lowest BCUT2D eigenvalue weighted by Crippen LogP contribution is -2.47. The largest absolute Gasteiger partial charge is 0.467 e. The number of ether oxygens (including phenoxy) is 3. The Morgan fingerprint density at radius 2 is 2.22 bits per heavy atom. The molecule has 1 atom stereocenters. The van der Waals surface area contributed by atoms with Crippen molar-refractivity contribution in [1.82, 2.24) is 4.90 Å². The van der Waals surface area contributed by atoms with E-state index in [1.807, 2.05) is 4.90 Å². The minimum absolute atomic E-state index is 0.0343. The Morgan fingerprint density at radius 1 is 1.50 bits per heavy atom. The van der Waals surface area contributed by atoms with Crippen molar-refractivity contribution in [1.29, 1.82) is 0 Å². The topological polar surface area (TPSA) is 48.0 Å². The smallest absolute Gasteiger partial charge is 0.411 e. The van der Waals surface area contributed by atoms with E-state index in [0.29, 0.717) is 26.2 Å². The monoisotopic (exact) mass is 271 g/mol. The lowest BCUT2D eigenvalue weighted by molar-refractivity contribution is -0.176. The van der Waals surface area contributed by atoms with E-state index in [-0.39, 0.29) is 6.61 Å². The second kappa shape index (κ2) is 6.91. The summed E-state index contributed by atoms with van der Waals surface area (Å²) in [6.45, 7) is 0.252. The van der Waals surface area contributed by atoms with Gasteiger partial charge in [0.25, 0.3) is 0 Å². The Kier molecular flexibility index (Phi) is 5.83. The lowest BCUT2D eigenvalue weighted by atomic mass is 10.3.